The lowest BCUT2D eigenvalue weighted by atomic mass is 9.90. The molecule has 1 atom stereocenters. The van der Waals surface area contributed by atoms with Crippen LogP contribution in [-0.4, -0.2) is 37.0 Å². The minimum Gasteiger partial charge on any atom is -0.330 e. The molecule has 1 aliphatic heterocycles. The molecule has 1 aliphatic rings. The number of nitrogens with two attached hydrogens (primary N) is 1. The highest BCUT2D eigenvalue weighted by Crippen LogP contribution is 2.38. The second-order valence-electron chi connectivity index (χ2n) is 6.18. The zero-order chi connectivity index (χ0) is 17.3. The number of hydrogen-bond acceptors (Lipinski definition) is 3. The van der Waals surface area contributed by atoms with Crippen LogP contribution in [0.2, 0.25) is 5.02 Å². The van der Waals surface area contributed by atoms with Gasteiger partial charge in [-0.1, -0.05) is 24.6 Å². The van der Waals surface area contributed by atoms with Crippen LogP contribution in [0.5, 0.6) is 0 Å². The van der Waals surface area contributed by atoms with Crippen LogP contribution in [-0.2, 0) is 11.0 Å². The van der Waals surface area contributed by atoms with E-state index in [0.717, 1.165) is 12.5 Å². The number of alkyl halides is 3. The van der Waals surface area contributed by atoms with Crippen LogP contribution in [0.4, 0.5) is 18.9 Å². The minimum absolute atomic E-state index is 0.0120. The third-order valence-electron chi connectivity index (χ3n) is 4.08. The molecule has 1 saturated heterocycles. The quantitative estimate of drug-likeness (QED) is 0.878. The Morgan fingerprint density at radius 1 is 1.48 bits per heavy atom. The molecule has 0 aromatic heterocycles. The summed E-state index contributed by atoms with van der Waals surface area (Å²) in [6.45, 7) is 3.88. The molecule has 0 spiro atoms. The van der Waals surface area contributed by atoms with E-state index in [0.29, 0.717) is 19.6 Å². The summed E-state index contributed by atoms with van der Waals surface area (Å²) in [6, 6.07) is 3.41. The van der Waals surface area contributed by atoms with Gasteiger partial charge in [0.05, 0.1) is 22.8 Å². The smallest absolute Gasteiger partial charge is 0.330 e. The summed E-state index contributed by atoms with van der Waals surface area (Å²) in [4.78, 5) is 14.0. The third-order valence-corrected chi connectivity index (χ3v) is 4.40. The van der Waals surface area contributed by atoms with Crippen molar-refractivity contribution < 1.29 is 18.0 Å². The Kier molecular flexibility index (Phi) is 5.23. The molecular weight excluding hydrogens is 331 g/mol. The Balaban J connectivity index is 2.07. The summed E-state index contributed by atoms with van der Waals surface area (Å²) >= 11 is 5.82. The van der Waals surface area contributed by atoms with Crippen molar-refractivity contribution in [3.63, 3.8) is 0 Å². The van der Waals surface area contributed by atoms with Crippen molar-refractivity contribution >= 4 is 23.2 Å². The van der Waals surface area contributed by atoms with Gasteiger partial charge in [-0.05, 0) is 37.1 Å². The van der Waals surface area contributed by atoms with Gasteiger partial charge in [0.2, 0.25) is 5.91 Å². The highest BCUT2D eigenvalue weighted by molar-refractivity contribution is 6.34. The number of para-hydroxylation sites is 1. The lowest BCUT2D eigenvalue weighted by Crippen LogP contribution is -2.35. The molecule has 8 heteroatoms. The van der Waals surface area contributed by atoms with E-state index in [-0.39, 0.29) is 17.0 Å². The highest BCUT2D eigenvalue weighted by atomic mass is 35.5. The van der Waals surface area contributed by atoms with Crippen LogP contribution in [0.1, 0.15) is 18.9 Å². The summed E-state index contributed by atoms with van der Waals surface area (Å²) < 4.78 is 39.0. The molecule has 1 amide bonds. The largest absolute Gasteiger partial charge is 0.418 e. The average molecular weight is 350 g/mol. The summed E-state index contributed by atoms with van der Waals surface area (Å²) in [5.74, 6) is -0.523. The van der Waals surface area contributed by atoms with Gasteiger partial charge in [-0.25, -0.2) is 0 Å². The van der Waals surface area contributed by atoms with Crippen molar-refractivity contribution in [2.24, 2.45) is 11.1 Å². The van der Waals surface area contributed by atoms with Gasteiger partial charge in [0.25, 0.3) is 0 Å². The molecule has 1 aromatic carbocycles. The van der Waals surface area contributed by atoms with Crippen molar-refractivity contribution in [2.45, 2.75) is 19.5 Å². The topological polar surface area (TPSA) is 58.4 Å². The van der Waals surface area contributed by atoms with E-state index in [2.05, 4.69) is 5.32 Å². The third kappa shape index (κ3) is 4.37. The molecule has 0 radical (unpaired) electrons. The summed E-state index contributed by atoms with van der Waals surface area (Å²) in [5, 5.41) is 2.16. The number of anilines is 1. The Hall–Kier alpha value is -1.31. The Morgan fingerprint density at radius 2 is 2.17 bits per heavy atom. The molecule has 1 heterocycles. The van der Waals surface area contributed by atoms with Gasteiger partial charge >= 0.3 is 6.18 Å². The van der Waals surface area contributed by atoms with E-state index in [1.165, 1.54) is 12.1 Å². The first-order valence-electron chi connectivity index (χ1n) is 7.23. The summed E-state index contributed by atoms with van der Waals surface area (Å²) in [5.41, 5.74) is 4.30. The van der Waals surface area contributed by atoms with Crippen molar-refractivity contribution in [2.75, 3.05) is 31.5 Å². The molecule has 0 aliphatic carbocycles. The van der Waals surface area contributed by atoms with E-state index in [4.69, 9.17) is 17.3 Å². The number of carbonyl (C=O) groups excluding carboxylic acids is 1. The molecule has 128 valence electrons. The lowest BCUT2D eigenvalue weighted by Gasteiger charge is -2.22. The number of benzene rings is 1. The maximum Gasteiger partial charge on any atom is 0.418 e. The number of carbonyl (C=O) groups is 1. The molecule has 1 aromatic rings. The van der Waals surface area contributed by atoms with Gasteiger partial charge in [-0.2, -0.15) is 13.2 Å². The van der Waals surface area contributed by atoms with Crippen LogP contribution in [0.3, 0.4) is 0 Å². The number of nitrogens with zero attached hydrogens (tertiary/aromatic N) is 1. The lowest BCUT2D eigenvalue weighted by molar-refractivity contribution is -0.137. The molecule has 0 saturated carbocycles. The molecule has 23 heavy (non-hydrogen) atoms. The first kappa shape index (κ1) is 18.0. The molecule has 3 N–H and O–H groups in total. The fraction of sp³-hybridized carbons (Fsp3) is 0.533. The number of hydrogen-bond donors (Lipinski definition) is 2. The summed E-state index contributed by atoms with van der Waals surface area (Å²) in [7, 11) is 0. The fourth-order valence-corrected chi connectivity index (χ4v) is 2.92. The fourth-order valence-electron chi connectivity index (χ4n) is 2.70. The number of nitrogens with one attached hydrogen (secondary N) is 1. The Labute approximate surface area is 137 Å². The van der Waals surface area contributed by atoms with Gasteiger partial charge in [-0.3, -0.25) is 9.69 Å². The molecule has 2 rings (SSSR count). The SMILES string of the molecule is CC1(CN)CCN(CC(=O)Nc2c(Cl)cccc2C(F)(F)F)C1. The zero-order valence-corrected chi connectivity index (χ0v) is 13.5. The van der Waals surface area contributed by atoms with Crippen molar-refractivity contribution in [1.29, 1.82) is 0 Å². The van der Waals surface area contributed by atoms with Crippen LogP contribution in [0.25, 0.3) is 0 Å². The predicted molar refractivity (Wildman–Crippen MR) is 83.3 cm³/mol. The van der Waals surface area contributed by atoms with Gasteiger partial charge in [0.1, 0.15) is 0 Å². The second-order valence-corrected chi connectivity index (χ2v) is 6.59. The monoisotopic (exact) mass is 349 g/mol. The van der Waals surface area contributed by atoms with E-state index < -0.39 is 23.3 Å². The Morgan fingerprint density at radius 3 is 2.74 bits per heavy atom. The van der Waals surface area contributed by atoms with Gasteiger partial charge in [0, 0.05) is 6.54 Å². The predicted octanol–water partition coefficient (Wildman–Crippen LogP) is 2.97. The normalized spacial score (nSPS) is 22.3. The molecule has 4 nitrogen and oxygen atoms in total. The van der Waals surface area contributed by atoms with Gasteiger partial charge in [-0.15, -0.1) is 0 Å². The minimum atomic E-state index is -4.58. The molecule has 1 unspecified atom stereocenters. The van der Waals surface area contributed by atoms with E-state index in [9.17, 15) is 18.0 Å². The van der Waals surface area contributed by atoms with Crippen molar-refractivity contribution in [3.05, 3.63) is 28.8 Å². The standard InChI is InChI=1S/C15H19ClF3N3O/c1-14(8-20)5-6-22(9-14)7-12(23)21-13-10(15(17,18)19)3-2-4-11(13)16/h2-4H,5-9,20H2,1H3,(H,21,23). The molecule has 1 fully saturated rings. The number of likely N-dealkylation sites (tertiary alicyclic amines) is 1. The van der Waals surface area contributed by atoms with Gasteiger partial charge < -0.3 is 11.1 Å². The average Bonchev–Trinajstić information content (AvgIpc) is 2.82. The van der Waals surface area contributed by atoms with Crippen LogP contribution in [0.15, 0.2) is 18.2 Å². The zero-order valence-electron chi connectivity index (χ0n) is 12.7. The molecule has 0 bridgehead atoms. The van der Waals surface area contributed by atoms with E-state index >= 15 is 0 Å². The number of halogens is 4. The number of rotatable bonds is 4. The first-order valence-corrected chi connectivity index (χ1v) is 7.60. The second kappa shape index (κ2) is 6.67. The molecular formula is C15H19ClF3N3O. The maximum atomic E-state index is 13.0. The number of amides is 1. The summed E-state index contributed by atoms with van der Waals surface area (Å²) in [6.07, 6.45) is -3.73. The highest BCUT2D eigenvalue weighted by Gasteiger charge is 2.36. The maximum absolute atomic E-state index is 13.0. The Bertz CT molecular complexity index is 594. The van der Waals surface area contributed by atoms with Crippen LogP contribution >= 0.6 is 11.6 Å². The van der Waals surface area contributed by atoms with E-state index in [1.54, 1.807) is 0 Å². The van der Waals surface area contributed by atoms with Crippen LogP contribution < -0.4 is 11.1 Å². The van der Waals surface area contributed by atoms with E-state index in [1.807, 2.05) is 11.8 Å². The van der Waals surface area contributed by atoms with Gasteiger partial charge in [0.15, 0.2) is 0 Å². The van der Waals surface area contributed by atoms with Crippen LogP contribution in [0, 0.1) is 5.41 Å². The van der Waals surface area contributed by atoms with Crippen molar-refractivity contribution in [1.82, 2.24) is 4.90 Å². The first-order chi connectivity index (χ1) is 10.6. The van der Waals surface area contributed by atoms with Crippen molar-refractivity contribution in [3.8, 4) is 0 Å².